The standard InChI is InChI=1S/C18H19N7O7/c1-32-18(27)11-5-7-23(8-6-11)16-14(25(30)31)15(19-10-20-16)21-22-17(26)12-3-2-4-13(9-12)24(28)29/h2-4,9-11H,5-8H2,1H3,(H,22,26)(H,19,20,21). The highest BCUT2D eigenvalue weighted by atomic mass is 16.6. The Morgan fingerprint density at radius 1 is 1.16 bits per heavy atom. The molecule has 32 heavy (non-hydrogen) atoms. The molecule has 3 rings (SSSR count). The van der Waals surface area contributed by atoms with E-state index in [2.05, 4.69) is 20.8 Å². The Hall–Kier alpha value is -4.36. The summed E-state index contributed by atoms with van der Waals surface area (Å²) in [4.78, 5) is 54.8. The molecule has 0 radical (unpaired) electrons. The van der Waals surface area contributed by atoms with Gasteiger partial charge in [0.2, 0.25) is 11.6 Å². The molecule has 0 unspecified atom stereocenters. The topological polar surface area (TPSA) is 183 Å². The largest absolute Gasteiger partial charge is 0.469 e. The molecular formula is C18H19N7O7. The zero-order valence-electron chi connectivity index (χ0n) is 16.9. The number of ether oxygens (including phenoxy) is 1. The SMILES string of the molecule is COC(=O)C1CCN(c2ncnc(NNC(=O)c3cccc([N+](=O)[O-])c3)c2[N+](=O)[O-])CC1. The fourth-order valence-electron chi connectivity index (χ4n) is 3.30. The first-order valence-electron chi connectivity index (χ1n) is 9.44. The molecule has 0 saturated carbocycles. The van der Waals surface area contributed by atoms with E-state index in [1.54, 1.807) is 4.90 Å². The van der Waals surface area contributed by atoms with E-state index >= 15 is 0 Å². The number of hydrazine groups is 1. The summed E-state index contributed by atoms with van der Waals surface area (Å²) in [7, 11) is 1.31. The van der Waals surface area contributed by atoms with E-state index in [1.807, 2.05) is 0 Å². The van der Waals surface area contributed by atoms with Gasteiger partial charge in [0, 0.05) is 30.8 Å². The number of carbonyl (C=O) groups is 2. The summed E-state index contributed by atoms with van der Waals surface area (Å²) in [6.07, 6.45) is 2.00. The summed E-state index contributed by atoms with van der Waals surface area (Å²) in [5.74, 6) is -1.58. The number of carbonyl (C=O) groups excluding carboxylic acids is 2. The lowest BCUT2D eigenvalue weighted by Gasteiger charge is -2.31. The van der Waals surface area contributed by atoms with Crippen LogP contribution in [0.4, 0.5) is 23.0 Å². The van der Waals surface area contributed by atoms with Gasteiger partial charge in [0.05, 0.1) is 22.9 Å². The second-order valence-corrected chi connectivity index (χ2v) is 6.82. The van der Waals surface area contributed by atoms with Gasteiger partial charge in [0.15, 0.2) is 0 Å². The number of piperidine rings is 1. The Labute approximate surface area is 180 Å². The lowest BCUT2D eigenvalue weighted by Crippen LogP contribution is -2.38. The highest BCUT2D eigenvalue weighted by Gasteiger charge is 2.32. The molecule has 0 spiro atoms. The number of hydrogen-bond donors (Lipinski definition) is 2. The average molecular weight is 445 g/mol. The van der Waals surface area contributed by atoms with Gasteiger partial charge in [-0.15, -0.1) is 0 Å². The predicted molar refractivity (Wildman–Crippen MR) is 110 cm³/mol. The third-order valence-electron chi connectivity index (χ3n) is 4.93. The average Bonchev–Trinajstić information content (AvgIpc) is 2.81. The van der Waals surface area contributed by atoms with Gasteiger partial charge < -0.3 is 9.64 Å². The number of esters is 1. The number of nitrogens with zero attached hydrogens (tertiary/aromatic N) is 5. The predicted octanol–water partition coefficient (Wildman–Crippen LogP) is 1.44. The van der Waals surface area contributed by atoms with E-state index in [4.69, 9.17) is 4.74 Å². The first-order chi connectivity index (χ1) is 15.3. The fraction of sp³-hybridized carbons (Fsp3) is 0.333. The van der Waals surface area contributed by atoms with Gasteiger partial charge in [-0.3, -0.25) is 40.7 Å². The van der Waals surface area contributed by atoms with Crippen LogP contribution < -0.4 is 15.8 Å². The Morgan fingerprint density at radius 3 is 2.50 bits per heavy atom. The number of methoxy groups -OCH3 is 1. The quantitative estimate of drug-likeness (QED) is 0.357. The van der Waals surface area contributed by atoms with Crippen molar-refractivity contribution in [3.05, 3.63) is 56.4 Å². The van der Waals surface area contributed by atoms with Crippen LogP contribution in [0.15, 0.2) is 30.6 Å². The molecule has 1 aromatic carbocycles. The third kappa shape index (κ3) is 4.85. The summed E-state index contributed by atoms with van der Waals surface area (Å²) >= 11 is 0. The second kappa shape index (κ2) is 9.63. The number of non-ortho nitro benzene ring substituents is 1. The van der Waals surface area contributed by atoms with E-state index in [9.17, 15) is 29.8 Å². The minimum Gasteiger partial charge on any atom is -0.469 e. The minimum absolute atomic E-state index is 0.0199. The Balaban J connectivity index is 1.76. The van der Waals surface area contributed by atoms with Gasteiger partial charge in [0.25, 0.3) is 11.6 Å². The number of benzene rings is 1. The smallest absolute Gasteiger partial charge is 0.355 e. The van der Waals surface area contributed by atoms with Crippen molar-refractivity contribution < 1.29 is 24.2 Å². The first kappa shape index (κ1) is 22.3. The van der Waals surface area contributed by atoms with Crippen LogP contribution >= 0.6 is 0 Å². The molecular weight excluding hydrogens is 426 g/mol. The second-order valence-electron chi connectivity index (χ2n) is 6.82. The molecule has 0 bridgehead atoms. The summed E-state index contributed by atoms with van der Waals surface area (Å²) in [5, 5.41) is 22.6. The number of rotatable bonds is 7. The maximum absolute atomic E-state index is 12.3. The van der Waals surface area contributed by atoms with Crippen molar-refractivity contribution in [2.24, 2.45) is 5.92 Å². The van der Waals surface area contributed by atoms with Crippen LogP contribution in [-0.2, 0) is 9.53 Å². The van der Waals surface area contributed by atoms with Crippen molar-refractivity contribution in [2.75, 3.05) is 30.5 Å². The molecule has 1 aliphatic rings. The Morgan fingerprint density at radius 2 is 1.88 bits per heavy atom. The van der Waals surface area contributed by atoms with Crippen molar-refractivity contribution >= 4 is 34.9 Å². The minimum atomic E-state index is -0.748. The monoisotopic (exact) mass is 445 g/mol. The van der Waals surface area contributed by atoms with Crippen molar-refractivity contribution in [3.63, 3.8) is 0 Å². The number of anilines is 2. The van der Waals surface area contributed by atoms with Gasteiger partial charge in [-0.05, 0) is 18.9 Å². The summed E-state index contributed by atoms with van der Waals surface area (Å²) < 4.78 is 4.74. The van der Waals surface area contributed by atoms with Crippen LogP contribution in [0, 0.1) is 26.1 Å². The number of nitrogens with one attached hydrogen (secondary N) is 2. The van der Waals surface area contributed by atoms with Gasteiger partial charge in [-0.25, -0.2) is 9.97 Å². The van der Waals surface area contributed by atoms with Gasteiger partial charge >= 0.3 is 11.7 Å². The maximum Gasteiger partial charge on any atom is 0.355 e. The number of hydrogen-bond acceptors (Lipinski definition) is 11. The molecule has 14 heteroatoms. The molecule has 2 heterocycles. The van der Waals surface area contributed by atoms with Crippen LogP contribution in [0.2, 0.25) is 0 Å². The van der Waals surface area contributed by atoms with Gasteiger partial charge in [-0.2, -0.15) is 0 Å². The highest BCUT2D eigenvalue weighted by Crippen LogP contribution is 2.33. The molecule has 0 atom stereocenters. The number of nitro groups is 2. The summed E-state index contributed by atoms with van der Waals surface area (Å²) in [6.45, 7) is 0.689. The maximum atomic E-state index is 12.3. The van der Waals surface area contributed by atoms with Crippen LogP contribution in [-0.4, -0.2) is 51.9 Å². The van der Waals surface area contributed by atoms with Crippen LogP contribution in [0.25, 0.3) is 0 Å². The van der Waals surface area contributed by atoms with E-state index in [-0.39, 0.29) is 34.8 Å². The van der Waals surface area contributed by atoms with E-state index in [0.717, 1.165) is 12.4 Å². The van der Waals surface area contributed by atoms with Crippen LogP contribution in [0.3, 0.4) is 0 Å². The van der Waals surface area contributed by atoms with E-state index in [1.165, 1.54) is 25.3 Å². The lowest BCUT2D eigenvalue weighted by molar-refractivity contribution is -0.384. The molecule has 1 aromatic heterocycles. The zero-order chi connectivity index (χ0) is 23.3. The molecule has 2 aromatic rings. The molecule has 168 valence electrons. The summed E-state index contributed by atoms with van der Waals surface area (Å²) in [6, 6.07) is 5.00. The number of amides is 1. The van der Waals surface area contributed by atoms with Crippen LogP contribution in [0.1, 0.15) is 23.2 Å². The normalized spacial score (nSPS) is 13.8. The zero-order valence-corrected chi connectivity index (χ0v) is 16.9. The number of aromatic nitrogens is 2. The molecule has 1 amide bonds. The molecule has 0 aliphatic carbocycles. The molecule has 1 aliphatic heterocycles. The van der Waals surface area contributed by atoms with E-state index < -0.39 is 21.4 Å². The van der Waals surface area contributed by atoms with Crippen molar-refractivity contribution in [2.45, 2.75) is 12.8 Å². The molecule has 1 fully saturated rings. The van der Waals surface area contributed by atoms with Crippen molar-refractivity contribution in [3.8, 4) is 0 Å². The fourth-order valence-corrected chi connectivity index (χ4v) is 3.30. The Bertz CT molecular complexity index is 1050. The molecule has 14 nitrogen and oxygen atoms in total. The van der Waals surface area contributed by atoms with Crippen molar-refractivity contribution in [1.82, 2.24) is 15.4 Å². The Kier molecular flexibility index (Phi) is 6.72. The molecule has 2 N–H and O–H groups in total. The third-order valence-corrected chi connectivity index (χ3v) is 4.93. The van der Waals surface area contributed by atoms with E-state index in [0.29, 0.717) is 25.9 Å². The summed E-state index contributed by atoms with van der Waals surface area (Å²) in [5.41, 5.74) is 3.89. The molecule has 1 saturated heterocycles. The highest BCUT2D eigenvalue weighted by molar-refractivity contribution is 5.95. The first-order valence-corrected chi connectivity index (χ1v) is 9.44. The van der Waals surface area contributed by atoms with Gasteiger partial charge in [-0.1, -0.05) is 6.07 Å². The van der Waals surface area contributed by atoms with Crippen LogP contribution in [0.5, 0.6) is 0 Å². The van der Waals surface area contributed by atoms with Gasteiger partial charge in [0.1, 0.15) is 6.33 Å². The number of nitro benzene ring substituents is 1. The lowest BCUT2D eigenvalue weighted by atomic mass is 9.97. The van der Waals surface area contributed by atoms with Crippen molar-refractivity contribution in [1.29, 1.82) is 0 Å².